The number of alkyl halides is 3. The van der Waals surface area contributed by atoms with Gasteiger partial charge in [-0.3, -0.25) is 4.79 Å². The Labute approximate surface area is 225 Å². The predicted octanol–water partition coefficient (Wildman–Crippen LogP) is 3.35. The third-order valence-corrected chi connectivity index (χ3v) is 7.92. The SMILES string of the molecule is CN1CCN(c2cnc(NC3=NC4(C)C(=CN3)C(F)=C(C(=O)N(C)C)N4C3CCCC3)cc2C(F)(F)F)CC1. The van der Waals surface area contributed by atoms with E-state index in [0.717, 1.165) is 31.7 Å². The van der Waals surface area contributed by atoms with Gasteiger partial charge in [0.15, 0.2) is 11.5 Å². The molecule has 0 bridgehead atoms. The summed E-state index contributed by atoms with van der Waals surface area (Å²) in [7, 11) is 5.07. The smallest absolute Gasteiger partial charge is 0.367 e. The van der Waals surface area contributed by atoms with Crippen LogP contribution in [0.15, 0.2) is 40.6 Å². The number of carbonyl (C=O) groups excluding carboxylic acids is 1. The summed E-state index contributed by atoms with van der Waals surface area (Å²) in [6.45, 7) is 3.98. The van der Waals surface area contributed by atoms with Gasteiger partial charge in [0.05, 0.1) is 23.0 Å². The molecule has 0 spiro atoms. The second kappa shape index (κ2) is 10.00. The van der Waals surface area contributed by atoms with E-state index in [9.17, 15) is 18.0 Å². The maximum atomic E-state index is 15.7. The number of amides is 1. The first-order valence-electron chi connectivity index (χ1n) is 13.2. The number of hydrogen-bond donors (Lipinski definition) is 2. The van der Waals surface area contributed by atoms with Gasteiger partial charge in [0.25, 0.3) is 5.91 Å². The highest BCUT2D eigenvalue weighted by molar-refractivity contribution is 5.98. The largest absolute Gasteiger partial charge is 0.418 e. The molecule has 13 heteroatoms. The Morgan fingerprint density at radius 2 is 1.85 bits per heavy atom. The van der Waals surface area contributed by atoms with Crippen molar-refractivity contribution in [2.24, 2.45) is 4.99 Å². The Morgan fingerprint density at radius 1 is 1.18 bits per heavy atom. The van der Waals surface area contributed by atoms with E-state index >= 15 is 4.39 Å². The summed E-state index contributed by atoms with van der Waals surface area (Å²) in [5.41, 5.74) is -1.83. The molecule has 1 unspecified atom stereocenters. The Bertz CT molecular complexity index is 1230. The fraction of sp³-hybridized carbons (Fsp3) is 0.577. The first-order valence-corrected chi connectivity index (χ1v) is 13.2. The average Bonchev–Trinajstić information content (AvgIpc) is 3.47. The van der Waals surface area contributed by atoms with Crippen LogP contribution in [0.2, 0.25) is 0 Å². The highest BCUT2D eigenvalue weighted by atomic mass is 19.4. The molecule has 1 aromatic rings. The van der Waals surface area contributed by atoms with Crippen molar-refractivity contribution in [1.29, 1.82) is 0 Å². The Balaban J connectivity index is 1.46. The topological polar surface area (TPSA) is 79.3 Å². The lowest BCUT2D eigenvalue weighted by atomic mass is 10.0. The molecule has 3 aliphatic heterocycles. The van der Waals surface area contributed by atoms with Crippen molar-refractivity contribution in [1.82, 2.24) is 25.0 Å². The Hall–Kier alpha value is -3.35. The zero-order valence-electron chi connectivity index (χ0n) is 22.6. The van der Waals surface area contributed by atoms with Crippen LogP contribution < -0.4 is 15.5 Å². The number of likely N-dealkylation sites (N-methyl/N-ethyl adjacent to an activating group) is 2. The summed E-state index contributed by atoms with van der Waals surface area (Å²) in [5.74, 6) is -1.04. The van der Waals surface area contributed by atoms with Crippen LogP contribution in [0.25, 0.3) is 0 Å². The predicted molar refractivity (Wildman–Crippen MR) is 141 cm³/mol. The van der Waals surface area contributed by atoms with Crippen molar-refractivity contribution in [2.75, 3.05) is 57.5 Å². The lowest BCUT2D eigenvalue weighted by Crippen LogP contribution is -2.52. The highest BCUT2D eigenvalue weighted by Gasteiger charge is 2.53. The van der Waals surface area contributed by atoms with Gasteiger partial charge in [0.2, 0.25) is 5.96 Å². The van der Waals surface area contributed by atoms with Crippen LogP contribution in [-0.2, 0) is 11.0 Å². The number of guanidine groups is 1. The van der Waals surface area contributed by atoms with Crippen molar-refractivity contribution in [3.63, 3.8) is 0 Å². The van der Waals surface area contributed by atoms with E-state index in [1.165, 1.54) is 17.3 Å². The van der Waals surface area contributed by atoms with Gasteiger partial charge >= 0.3 is 6.18 Å². The van der Waals surface area contributed by atoms with Gasteiger partial charge in [-0.25, -0.2) is 14.4 Å². The maximum Gasteiger partial charge on any atom is 0.418 e. The van der Waals surface area contributed by atoms with E-state index in [0.29, 0.717) is 26.2 Å². The molecule has 212 valence electrons. The highest BCUT2D eigenvalue weighted by Crippen LogP contribution is 2.48. The first kappa shape index (κ1) is 27.2. The van der Waals surface area contributed by atoms with Gasteiger partial charge in [0, 0.05) is 52.5 Å². The molecule has 2 N–H and O–H groups in total. The Morgan fingerprint density at radius 3 is 2.46 bits per heavy atom. The van der Waals surface area contributed by atoms with Crippen molar-refractivity contribution in [3.8, 4) is 0 Å². The number of anilines is 2. The van der Waals surface area contributed by atoms with Crippen molar-refractivity contribution in [2.45, 2.75) is 50.5 Å². The van der Waals surface area contributed by atoms with Crippen LogP contribution in [0.3, 0.4) is 0 Å². The number of piperazine rings is 1. The molecule has 4 aliphatic rings. The maximum absolute atomic E-state index is 15.7. The molecule has 5 rings (SSSR count). The van der Waals surface area contributed by atoms with E-state index in [1.54, 1.807) is 30.8 Å². The van der Waals surface area contributed by atoms with Crippen LogP contribution in [-0.4, -0.2) is 90.6 Å². The molecule has 0 aromatic carbocycles. The van der Waals surface area contributed by atoms with Gasteiger partial charge in [-0.2, -0.15) is 13.2 Å². The van der Waals surface area contributed by atoms with Gasteiger partial charge in [0.1, 0.15) is 11.5 Å². The number of nitrogens with one attached hydrogen (secondary N) is 2. The van der Waals surface area contributed by atoms with Crippen molar-refractivity contribution >= 4 is 23.4 Å². The normalized spacial score (nSPS) is 24.4. The minimum absolute atomic E-state index is 0.0372. The molecule has 1 atom stereocenters. The van der Waals surface area contributed by atoms with Crippen molar-refractivity contribution in [3.05, 3.63) is 41.1 Å². The second-order valence-corrected chi connectivity index (χ2v) is 10.9. The monoisotopic (exact) mass is 550 g/mol. The number of pyridine rings is 1. The molecule has 1 saturated carbocycles. The van der Waals surface area contributed by atoms with E-state index < -0.39 is 29.1 Å². The van der Waals surface area contributed by atoms with Crippen molar-refractivity contribution < 1.29 is 22.4 Å². The number of carbonyl (C=O) groups is 1. The lowest BCUT2D eigenvalue weighted by Gasteiger charge is -2.42. The zero-order chi connectivity index (χ0) is 28.1. The zero-order valence-corrected chi connectivity index (χ0v) is 22.6. The van der Waals surface area contributed by atoms with Gasteiger partial charge in [-0.1, -0.05) is 12.8 Å². The number of fused-ring (bicyclic) bond motifs is 1. The first-order chi connectivity index (χ1) is 18.4. The molecule has 4 heterocycles. The fourth-order valence-electron chi connectivity index (χ4n) is 5.83. The summed E-state index contributed by atoms with van der Waals surface area (Å²) in [4.78, 5) is 28.9. The van der Waals surface area contributed by atoms with Crippen LogP contribution in [0, 0.1) is 0 Å². The molecule has 39 heavy (non-hydrogen) atoms. The minimum Gasteiger partial charge on any atom is -0.367 e. The van der Waals surface area contributed by atoms with Crippen LogP contribution in [0.4, 0.5) is 29.1 Å². The minimum atomic E-state index is -4.59. The standard InChI is InChI=1S/C26H34F4N8O/c1-25-18(21(27)22(23(39)35(2)3)38(25)16-7-5-6-8-16)14-32-24(34-25)33-20-13-17(26(28,29)30)19(15-31-20)37-11-9-36(4)10-12-37/h13-16H,5-12H2,1-4H3,(H2,31,32,33,34). The summed E-state index contributed by atoms with van der Waals surface area (Å²) in [5, 5.41) is 5.70. The average molecular weight is 551 g/mol. The van der Waals surface area contributed by atoms with E-state index in [-0.39, 0.29) is 34.8 Å². The van der Waals surface area contributed by atoms with E-state index in [2.05, 4.69) is 20.5 Å². The number of aliphatic imine (C=N–C) groups is 1. The summed E-state index contributed by atoms with van der Waals surface area (Å²) in [6.07, 6.45) is 1.56. The third-order valence-electron chi connectivity index (χ3n) is 7.92. The van der Waals surface area contributed by atoms with E-state index in [1.807, 2.05) is 7.05 Å². The van der Waals surface area contributed by atoms with E-state index in [4.69, 9.17) is 4.99 Å². The quantitative estimate of drug-likeness (QED) is 0.557. The molecule has 0 radical (unpaired) electrons. The molecule has 1 aromatic heterocycles. The number of hydrogen-bond acceptors (Lipinski definition) is 8. The second-order valence-electron chi connectivity index (χ2n) is 10.9. The molecule has 1 saturated heterocycles. The lowest BCUT2D eigenvalue weighted by molar-refractivity contribution is -0.137. The summed E-state index contributed by atoms with van der Waals surface area (Å²) in [6, 6.07) is 0.884. The number of aromatic nitrogens is 1. The molecule has 1 aliphatic carbocycles. The molecule has 1 amide bonds. The summed E-state index contributed by atoms with van der Waals surface area (Å²) >= 11 is 0. The molecule has 9 nitrogen and oxygen atoms in total. The molecule has 2 fully saturated rings. The molecular formula is C26H34F4N8O. The third kappa shape index (κ3) is 4.92. The molecular weight excluding hydrogens is 516 g/mol. The fourth-order valence-corrected chi connectivity index (χ4v) is 5.83. The number of nitrogens with zero attached hydrogens (tertiary/aromatic N) is 6. The Kier molecular flexibility index (Phi) is 6.98. The number of rotatable bonds is 4. The van der Waals surface area contributed by atoms with Gasteiger partial charge in [-0.15, -0.1) is 0 Å². The van der Waals surface area contributed by atoms with Crippen LogP contribution in [0.1, 0.15) is 38.2 Å². The van der Waals surface area contributed by atoms with Crippen LogP contribution in [0.5, 0.6) is 0 Å². The van der Waals surface area contributed by atoms with Crippen LogP contribution >= 0.6 is 0 Å². The van der Waals surface area contributed by atoms with Gasteiger partial charge < -0.3 is 30.2 Å². The van der Waals surface area contributed by atoms with Gasteiger partial charge in [-0.05, 0) is 32.9 Å². The summed E-state index contributed by atoms with van der Waals surface area (Å²) < 4.78 is 58.0. The number of halogens is 4.